The van der Waals surface area contributed by atoms with Gasteiger partial charge < -0.3 is 4.74 Å². The number of ether oxygens (including phenoxy) is 1. The Kier molecular flexibility index (Phi) is 3.81. The normalized spacial score (nSPS) is 16.4. The zero-order valence-electron chi connectivity index (χ0n) is 9.51. The van der Waals surface area contributed by atoms with E-state index in [4.69, 9.17) is 4.74 Å². The SMILES string of the molecule is CCc1ccccc1SN1C(=O)COCC1=O. The van der Waals surface area contributed by atoms with E-state index in [9.17, 15) is 9.59 Å². The maximum absolute atomic E-state index is 11.6. The topological polar surface area (TPSA) is 46.6 Å². The van der Waals surface area contributed by atoms with Crippen LogP contribution >= 0.6 is 11.9 Å². The largest absolute Gasteiger partial charge is 0.362 e. The van der Waals surface area contributed by atoms with Gasteiger partial charge in [0.1, 0.15) is 13.2 Å². The highest BCUT2D eigenvalue weighted by Crippen LogP contribution is 2.28. The molecule has 0 spiro atoms. The van der Waals surface area contributed by atoms with Crippen LogP contribution in [0.3, 0.4) is 0 Å². The fraction of sp³-hybridized carbons (Fsp3) is 0.333. The number of imide groups is 1. The molecule has 1 aliphatic heterocycles. The summed E-state index contributed by atoms with van der Waals surface area (Å²) in [6, 6.07) is 7.76. The summed E-state index contributed by atoms with van der Waals surface area (Å²) in [5.74, 6) is -0.589. The minimum atomic E-state index is -0.294. The average Bonchev–Trinajstić information content (AvgIpc) is 2.34. The number of benzene rings is 1. The van der Waals surface area contributed by atoms with Gasteiger partial charge in [-0.25, -0.2) is 4.31 Å². The van der Waals surface area contributed by atoms with Gasteiger partial charge in [0.25, 0.3) is 11.8 Å². The molecule has 2 rings (SSSR count). The summed E-state index contributed by atoms with van der Waals surface area (Å²) in [4.78, 5) is 24.1. The lowest BCUT2D eigenvalue weighted by Gasteiger charge is -2.24. The summed E-state index contributed by atoms with van der Waals surface area (Å²) >= 11 is 1.19. The molecule has 90 valence electrons. The van der Waals surface area contributed by atoms with Gasteiger partial charge in [0.15, 0.2) is 0 Å². The third kappa shape index (κ3) is 2.68. The number of nitrogens with zero attached hydrogens (tertiary/aromatic N) is 1. The van der Waals surface area contributed by atoms with Crippen molar-refractivity contribution >= 4 is 23.8 Å². The molecule has 0 N–H and O–H groups in total. The second-order valence-electron chi connectivity index (χ2n) is 3.63. The van der Waals surface area contributed by atoms with Crippen molar-refractivity contribution in [2.75, 3.05) is 13.2 Å². The molecule has 2 amide bonds. The molecule has 17 heavy (non-hydrogen) atoms. The summed E-state index contributed by atoms with van der Waals surface area (Å²) in [5, 5.41) is 0. The Hall–Kier alpha value is -1.33. The minimum Gasteiger partial charge on any atom is -0.362 e. The zero-order chi connectivity index (χ0) is 12.3. The van der Waals surface area contributed by atoms with Crippen LogP contribution in [0.15, 0.2) is 29.2 Å². The second-order valence-corrected chi connectivity index (χ2v) is 4.61. The minimum absolute atomic E-state index is 0.0208. The van der Waals surface area contributed by atoms with Crippen molar-refractivity contribution in [1.82, 2.24) is 4.31 Å². The molecule has 0 aromatic heterocycles. The molecule has 1 heterocycles. The molecule has 5 heteroatoms. The van der Waals surface area contributed by atoms with Crippen LogP contribution in [0.4, 0.5) is 0 Å². The van der Waals surface area contributed by atoms with Gasteiger partial charge in [-0.05, 0) is 30.0 Å². The lowest BCUT2D eigenvalue weighted by molar-refractivity contribution is -0.150. The van der Waals surface area contributed by atoms with Crippen molar-refractivity contribution in [2.24, 2.45) is 0 Å². The van der Waals surface area contributed by atoms with Crippen LogP contribution in [0.5, 0.6) is 0 Å². The summed E-state index contributed by atoms with van der Waals surface area (Å²) in [7, 11) is 0. The van der Waals surface area contributed by atoms with Gasteiger partial charge in [0.2, 0.25) is 0 Å². The molecule has 1 aromatic carbocycles. The van der Waals surface area contributed by atoms with E-state index in [1.54, 1.807) is 0 Å². The van der Waals surface area contributed by atoms with Gasteiger partial charge in [0.05, 0.1) is 0 Å². The van der Waals surface area contributed by atoms with Crippen LogP contribution in [-0.4, -0.2) is 29.3 Å². The standard InChI is InChI=1S/C12H13NO3S/c1-2-9-5-3-4-6-10(9)17-13-11(14)7-16-8-12(13)15/h3-6H,2,7-8H2,1H3. The molecular formula is C12H13NO3S. The van der Waals surface area contributed by atoms with Crippen LogP contribution in [-0.2, 0) is 20.7 Å². The van der Waals surface area contributed by atoms with Gasteiger partial charge in [-0.3, -0.25) is 9.59 Å². The number of amides is 2. The average molecular weight is 251 g/mol. The quantitative estimate of drug-likeness (QED) is 0.605. The summed E-state index contributed by atoms with van der Waals surface area (Å²) < 4.78 is 6.06. The fourth-order valence-corrected chi connectivity index (χ4v) is 2.54. The highest BCUT2D eigenvalue weighted by atomic mass is 32.2. The van der Waals surface area contributed by atoms with E-state index in [-0.39, 0.29) is 25.0 Å². The first kappa shape index (κ1) is 12.1. The van der Waals surface area contributed by atoms with Crippen molar-refractivity contribution in [3.8, 4) is 0 Å². The number of hydrogen-bond donors (Lipinski definition) is 0. The van der Waals surface area contributed by atoms with Crippen molar-refractivity contribution in [2.45, 2.75) is 18.2 Å². The molecule has 1 fully saturated rings. The number of hydrogen-bond acceptors (Lipinski definition) is 4. The van der Waals surface area contributed by atoms with Crippen molar-refractivity contribution in [1.29, 1.82) is 0 Å². The number of rotatable bonds is 3. The Morgan fingerprint density at radius 1 is 1.24 bits per heavy atom. The van der Waals surface area contributed by atoms with E-state index in [0.717, 1.165) is 16.9 Å². The third-order valence-corrected chi connectivity index (χ3v) is 3.63. The molecule has 0 aliphatic carbocycles. The Morgan fingerprint density at radius 2 is 1.88 bits per heavy atom. The van der Waals surface area contributed by atoms with Gasteiger partial charge >= 0.3 is 0 Å². The fourth-order valence-electron chi connectivity index (χ4n) is 1.57. The zero-order valence-corrected chi connectivity index (χ0v) is 10.3. The molecule has 0 bridgehead atoms. The summed E-state index contributed by atoms with van der Waals surface area (Å²) in [6.07, 6.45) is 0.871. The molecule has 1 aliphatic rings. The Balaban J connectivity index is 2.19. The molecular weight excluding hydrogens is 238 g/mol. The first-order chi connectivity index (χ1) is 8.22. The number of morpholine rings is 1. The monoisotopic (exact) mass is 251 g/mol. The van der Waals surface area contributed by atoms with Crippen LogP contribution in [0.25, 0.3) is 0 Å². The third-order valence-electron chi connectivity index (χ3n) is 2.45. The number of carbonyl (C=O) groups is 2. The predicted octanol–water partition coefficient (Wildman–Crippen LogP) is 1.64. The molecule has 0 radical (unpaired) electrons. The van der Waals surface area contributed by atoms with Crippen molar-refractivity contribution in [3.63, 3.8) is 0 Å². The number of aryl methyl sites for hydroxylation is 1. The molecule has 0 atom stereocenters. The Bertz CT molecular complexity index is 431. The van der Waals surface area contributed by atoms with Crippen LogP contribution in [0.1, 0.15) is 12.5 Å². The second kappa shape index (κ2) is 5.33. The maximum Gasteiger partial charge on any atom is 0.265 e. The van der Waals surface area contributed by atoms with Crippen LogP contribution < -0.4 is 0 Å². The van der Waals surface area contributed by atoms with E-state index in [1.807, 2.05) is 31.2 Å². The van der Waals surface area contributed by atoms with Gasteiger partial charge in [-0.15, -0.1) is 0 Å². The lowest BCUT2D eigenvalue weighted by atomic mass is 10.2. The van der Waals surface area contributed by atoms with Gasteiger partial charge in [-0.2, -0.15) is 0 Å². The van der Waals surface area contributed by atoms with Crippen LogP contribution in [0, 0.1) is 0 Å². The highest BCUT2D eigenvalue weighted by molar-refractivity contribution is 7.98. The van der Waals surface area contributed by atoms with Crippen molar-refractivity contribution in [3.05, 3.63) is 29.8 Å². The predicted molar refractivity (Wildman–Crippen MR) is 64.3 cm³/mol. The highest BCUT2D eigenvalue weighted by Gasteiger charge is 2.28. The molecule has 0 unspecified atom stereocenters. The molecule has 4 nitrogen and oxygen atoms in total. The summed E-state index contributed by atoms with van der Waals surface area (Å²) in [5.41, 5.74) is 1.13. The molecule has 1 saturated heterocycles. The number of carbonyl (C=O) groups excluding carboxylic acids is 2. The van der Waals surface area contributed by atoms with E-state index < -0.39 is 0 Å². The van der Waals surface area contributed by atoms with Gasteiger partial charge in [-0.1, -0.05) is 25.1 Å². The van der Waals surface area contributed by atoms with Gasteiger partial charge in [0, 0.05) is 4.90 Å². The van der Waals surface area contributed by atoms with E-state index >= 15 is 0 Å². The maximum atomic E-state index is 11.6. The Labute approximate surface area is 104 Å². The first-order valence-corrected chi connectivity index (χ1v) is 6.19. The van der Waals surface area contributed by atoms with E-state index in [0.29, 0.717) is 0 Å². The van der Waals surface area contributed by atoms with E-state index in [2.05, 4.69) is 0 Å². The van der Waals surface area contributed by atoms with Crippen molar-refractivity contribution < 1.29 is 14.3 Å². The first-order valence-electron chi connectivity index (χ1n) is 5.41. The Morgan fingerprint density at radius 3 is 2.53 bits per heavy atom. The molecule has 0 saturated carbocycles. The lowest BCUT2D eigenvalue weighted by Crippen LogP contribution is -2.41. The molecule has 1 aromatic rings. The van der Waals surface area contributed by atoms with Crippen LogP contribution in [0.2, 0.25) is 0 Å². The van der Waals surface area contributed by atoms with E-state index in [1.165, 1.54) is 16.3 Å². The smallest absolute Gasteiger partial charge is 0.265 e. The summed E-state index contributed by atoms with van der Waals surface area (Å²) in [6.45, 7) is 2.00.